The molecule has 12 atom stereocenters. The van der Waals surface area contributed by atoms with Crippen LogP contribution in [-0.4, -0.2) is 75.2 Å². The van der Waals surface area contributed by atoms with E-state index < -0.39 is 12.4 Å². The number of hydrogen-bond donors (Lipinski definition) is 1. The zero-order valence-corrected chi connectivity index (χ0v) is 29.0. The number of methoxy groups -OCH3 is 3. The number of allylic oxidation sites excluding steroid dienone is 4. The zero-order valence-electron chi connectivity index (χ0n) is 29.0. The third-order valence-corrected chi connectivity index (χ3v) is 12.0. The molecule has 1 aromatic carbocycles. The molecule has 1 aromatic rings. The third-order valence-electron chi connectivity index (χ3n) is 12.0. The number of carbonyl (C=O) groups excluding carboxylic acids is 3. The molecule has 2 saturated carbocycles. The molecule has 0 spiro atoms. The van der Waals surface area contributed by atoms with Crippen molar-refractivity contribution in [3.8, 4) is 5.75 Å². The first-order chi connectivity index (χ1) is 23.2. The molecule has 1 saturated heterocycles. The molecule has 3 fully saturated rings. The normalized spacial score (nSPS) is 36.3. The van der Waals surface area contributed by atoms with Gasteiger partial charge >= 0.3 is 5.97 Å². The fraction of sp³-hybridized carbons (Fsp3) is 0.667. The molecule has 0 bridgehead atoms. The van der Waals surface area contributed by atoms with E-state index in [4.69, 9.17) is 23.7 Å². The number of aliphatic hydroxyl groups is 1. The summed E-state index contributed by atoms with van der Waals surface area (Å²) < 4.78 is 28.3. The second-order valence-electron chi connectivity index (χ2n) is 14.6. The number of esters is 1. The molecule has 0 amide bonds. The van der Waals surface area contributed by atoms with Crippen molar-refractivity contribution < 1.29 is 43.2 Å². The van der Waals surface area contributed by atoms with Gasteiger partial charge in [0.15, 0.2) is 17.9 Å². The van der Waals surface area contributed by atoms with Crippen LogP contribution in [0.5, 0.6) is 5.75 Å². The number of Topliss-reactive ketones (excluding diaryl/α,β-unsaturated/α-hetero) is 2. The molecule has 0 aromatic heterocycles. The summed E-state index contributed by atoms with van der Waals surface area (Å²) in [6.07, 6.45) is 7.71. The maximum absolute atomic E-state index is 14.6. The van der Waals surface area contributed by atoms with Gasteiger partial charge in [-0.15, -0.1) is 0 Å². The third kappa shape index (κ3) is 6.68. The molecule has 1 aliphatic heterocycles. The fourth-order valence-corrected chi connectivity index (χ4v) is 9.65. The van der Waals surface area contributed by atoms with Gasteiger partial charge in [0.1, 0.15) is 18.0 Å². The van der Waals surface area contributed by atoms with E-state index in [1.54, 1.807) is 14.2 Å². The SMILES string of the molecule is CC[C@H]1CCCC[C@@H](C)C(=O)C2=CC3[C@@H]4C[C@H](OC(O)[C@H](COC)OC)CC4C4C=C(c5ccc(OC)cc5)C(=O)C4[C@H]3[C@@H]2CC(=O)O1. The van der Waals surface area contributed by atoms with Crippen LogP contribution in [0.4, 0.5) is 0 Å². The van der Waals surface area contributed by atoms with Crippen molar-refractivity contribution in [1.82, 2.24) is 0 Å². The minimum atomic E-state index is -1.16. The number of ether oxygens (including phenoxy) is 5. The van der Waals surface area contributed by atoms with Crippen LogP contribution in [0.25, 0.3) is 5.57 Å². The highest BCUT2D eigenvalue weighted by molar-refractivity contribution is 6.24. The highest BCUT2D eigenvalue weighted by Gasteiger charge is 2.62. The molecule has 6 rings (SSSR count). The predicted molar refractivity (Wildman–Crippen MR) is 179 cm³/mol. The van der Waals surface area contributed by atoms with Gasteiger partial charge in [-0.3, -0.25) is 14.4 Å². The van der Waals surface area contributed by atoms with Crippen molar-refractivity contribution in [2.75, 3.05) is 27.9 Å². The van der Waals surface area contributed by atoms with Crippen LogP contribution in [-0.2, 0) is 33.3 Å². The van der Waals surface area contributed by atoms with Gasteiger partial charge in [0.2, 0.25) is 0 Å². The standard InChI is InChI=1S/C39H52O9/c1-6-23-10-8-7-9-21(2)37(41)32-18-29-27-15-25(48-39(43)33(46-5)20-44-3)16-28(27)30-17-26(22-11-13-24(45-4)14-12-22)38(42)36(30)35(29)31(32)19-34(40)47-23/h11-14,17-18,21,23,25,27-31,33,35-36,39,43H,6-10,15-16,19-20H2,1-5H3/t21-,23+,25+,27-,28?,29?,30?,31-,33+,35-,36?,39?/m1/s1. The lowest BCUT2D eigenvalue weighted by Crippen LogP contribution is -2.45. The number of rotatable bonds is 9. The number of aliphatic hydroxyl groups excluding tert-OH is 1. The van der Waals surface area contributed by atoms with E-state index >= 15 is 0 Å². The summed E-state index contributed by atoms with van der Waals surface area (Å²) in [5.74, 6) is -0.441. The lowest BCUT2D eigenvalue weighted by atomic mass is 9.57. The molecule has 0 radical (unpaired) electrons. The topological polar surface area (TPSA) is 118 Å². The van der Waals surface area contributed by atoms with Gasteiger partial charge in [0.05, 0.1) is 26.2 Å². The van der Waals surface area contributed by atoms with Crippen LogP contribution in [0, 0.1) is 47.3 Å². The Labute approximate surface area is 284 Å². The average molecular weight is 665 g/mol. The second kappa shape index (κ2) is 15.0. The summed E-state index contributed by atoms with van der Waals surface area (Å²) in [7, 11) is 4.69. The summed E-state index contributed by atoms with van der Waals surface area (Å²) in [5, 5.41) is 10.9. The number of hydrogen-bond acceptors (Lipinski definition) is 9. The second-order valence-corrected chi connectivity index (χ2v) is 14.6. The summed E-state index contributed by atoms with van der Waals surface area (Å²) >= 11 is 0. The van der Waals surface area contributed by atoms with Gasteiger partial charge < -0.3 is 28.8 Å². The summed E-state index contributed by atoms with van der Waals surface area (Å²) in [4.78, 5) is 42.4. The van der Waals surface area contributed by atoms with Crippen LogP contribution in [0.1, 0.15) is 70.8 Å². The molecule has 48 heavy (non-hydrogen) atoms. The largest absolute Gasteiger partial charge is 0.497 e. The zero-order chi connectivity index (χ0) is 34.1. The fourth-order valence-electron chi connectivity index (χ4n) is 9.65. The Bertz CT molecular complexity index is 1400. The van der Waals surface area contributed by atoms with Crippen molar-refractivity contribution in [2.45, 2.75) is 89.8 Å². The van der Waals surface area contributed by atoms with Crippen molar-refractivity contribution >= 4 is 23.1 Å². The van der Waals surface area contributed by atoms with Gasteiger partial charge in [-0.25, -0.2) is 0 Å². The van der Waals surface area contributed by atoms with E-state index in [9.17, 15) is 19.5 Å². The summed E-state index contributed by atoms with van der Waals surface area (Å²) in [5.41, 5.74) is 2.23. The first-order valence-electron chi connectivity index (χ1n) is 17.9. The van der Waals surface area contributed by atoms with Crippen LogP contribution in [0.15, 0.2) is 42.0 Å². The Balaban J connectivity index is 1.38. The van der Waals surface area contributed by atoms with E-state index in [1.165, 1.54) is 7.11 Å². The maximum atomic E-state index is 14.6. The predicted octanol–water partition coefficient (Wildman–Crippen LogP) is 5.58. The first-order valence-corrected chi connectivity index (χ1v) is 17.9. The van der Waals surface area contributed by atoms with Gasteiger partial charge in [0.25, 0.3) is 0 Å². The van der Waals surface area contributed by atoms with E-state index in [1.807, 2.05) is 38.1 Å². The van der Waals surface area contributed by atoms with Gasteiger partial charge in [-0.1, -0.05) is 44.6 Å². The molecule has 1 N–H and O–H groups in total. The lowest BCUT2D eigenvalue weighted by Gasteiger charge is -2.45. The maximum Gasteiger partial charge on any atom is 0.306 e. The lowest BCUT2D eigenvalue weighted by molar-refractivity contribution is -0.204. The van der Waals surface area contributed by atoms with E-state index in [0.717, 1.165) is 37.7 Å². The van der Waals surface area contributed by atoms with Crippen molar-refractivity contribution in [3.05, 3.63) is 47.6 Å². The number of carbonyl (C=O) groups is 3. The quantitative estimate of drug-likeness (QED) is 0.267. The molecule has 9 nitrogen and oxygen atoms in total. The number of cyclic esters (lactones) is 1. The number of benzene rings is 1. The molecule has 1 heterocycles. The molecular weight excluding hydrogens is 612 g/mol. The highest BCUT2D eigenvalue weighted by atomic mass is 16.6. The summed E-state index contributed by atoms with van der Waals surface area (Å²) in [6, 6.07) is 7.58. The Morgan fingerprint density at radius 3 is 2.31 bits per heavy atom. The van der Waals surface area contributed by atoms with Gasteiger partial charge in [0, 0.05) is 37.5 Å². The van der Waals surface area contributed by atoms with Crippen LogP contribution in [0.2, 0.25) is 0 Å². The van der Waals surface area contributed by atoms with Crippen LogP contribution >= 0.6 is 0 Å². The van der Waals surface area contributed by atoms with Crippen molar-refractivity contribution in [2.24, 2.45) is 47.3 Å². The molecule has 4 aliphatic carbocycles. The highest BCUT2D eigenvalue weighted by Crippen LogP contribution is 2.63. The van der Waals surface area contributed by atoms with E-state index in [0.29, 0.717) is 29.7 Å². The number of ketones is 2. The summed E-state index contributed by atoms with van der Waals surface area (Å²) in [6.45, 7) is 4.24. The molecular formula is C39H52O9. The average Bonchev–Trinajstić information content (AvgIpc) is 3.77. The van der Waals surface area contributed by atoms with E-state index in [-0.39, 0.29) is 90.1 Å². The Hall–Kier alpha value is -2.85. The molecule has 9 heteroatoms. The Morgan fingerprint density at radius 2 is 1.65 bits per heavy atom. The minimum Gasteiger partial charge on any atom is -0.497 e. The number of fused-ring (bicyclic) bond motifs is 8. The van der Waals surface area contributed by atoms with E-state index in [2.05, 4.69) is 12.2 Å². The Kier molecular flexibility index (Phi) is 10.9. The van der Waals surface area contributed by atoms with Gasteiger partial charge in [-0.05, 0) is 91.4 Å². The van der Waals surface area contributed by atoms with Crippen molar-refractivity contribution in [1.29, 1.82) is 0 Å². The first kappa shape index (κ1) is 35.0. The molecule has 5 unspecified atom stereocenters. The van der Waals surface area contributed by atoms with Crippen LogP contribution in [0.3, 0.4) is 0 Å². The van der Waals surface area contributed by atoms with Crippen LogP contribution < -0.4 is 4.74 Å². The monoisotopic (exact) mass is 664 g/mol. The minimum absolute atomic E-state index is 0.0668. The molecule has 5 aliphatic rings. The van der Waals surface area contributed by atoms with Crippen molar-refractivity contribution in [3.63, 3.8) is 0 Å². The molecule has 262 valence electrons. The Morgan fingerprint density at radius 1 is 0.938 bits per heavy atom. The van der Waals surface area contributed by atoms with Gasteiger partial charge in [-0.2, -0.15) is 0 Å². The smallest absolute Gasteiger partial charge is 0.306 e.